The average Bonchev–Trinajstić information content (AvgIpc) is 3.55. The summed E-state index contributed by atoms with van der Waals surface area (Å²) < 4.78 is 25.9. The van der Waals surface area contributed by atoms with E-state index >= 15 is 0 Å². The molecule has 0 spiro atoms. The van der Waals surface area contributed by atoms with E-state index in [0.717, 1.165) is 11.2 Å². The van der Waals surface area contributed by atoms with Crippen LogP contribution in [0.4, 0.5) is 0 Å². The fourth-order valence-electron chi connectivity index (χ4n) is 5.65. The van der Waals surface area contributed by atoms with Crippen LogP contribution >= 0.6 is 11.6 Å². The van der Waals surface area contributed by atoms with E-state index in [1.807, 2.05) is 0 Å². The number of carbonyl (C=O) groups excluding carboxylic acids is 6. The molecule has 16 heteroatoms. The fraction of sp³-hybridized carbons (Fsp3) is 0.167. The third-order valence-corrected chi connectivity index (χ3v) is 8.87. The number of rotatable bonds is 7. The molecule has 234 valence electrons. The minimum absolute atomic E-state index is 0.0289. The van der Waals surface area contributed by atoms with Crippen molar-refractivity contribution >= 4 is 62.7 Å². The van der Waals surface area contributed by atoms with E-state index in [2.05, 4.69) is 17.0 Å². The van der Waals surface area contributed by atoms with Crippen LogP contribution in [0.3, 0.4) is 0 Å². The van der Waals surface area contributed by atoms with Crippen molar-refractivity contribution in [2.45, 2.75) is 18.8 Å². The Kier molecular flexibility index (Phi) is 7.05. The molecule has 2 unspecified atom stereocenters. The van der Waals surface area contributed by atoms with Crippen molar-refractivity contribution < 1.29 is 37.2 Å². The molecule has 6 rings (SSSR count). The largest absolute Gasteiger partial charge is 0.308 e. The lowest BCUT2D eigenvalue weighted by molar-refractivity contribution is -0.147. The lowest BCUT2D eigenvalue weighted by Gasteiger charge is -2.43. The monoisotopic (exact) mass is 662 g/mol. The molecule has 0 fully saturated rings. The number of imide groups is 2. The number of fused-ring (bicyclic) bond motifs is 3. The quantitative estimate of drug-likeness (QED) is 0.340. The molecule has 0 aliphatic carbocycles. The highest BCUT2D eigenvalue weighted by atomic mass is 35.5. The molecular formula is C30H23ClN6O8S. The van der Waals surface area contributed by atoms with Gasteiger partial charge in [-0.3, -0.25) is 38.6 Å². The number of nitrogens with one attached hydrogen (secondary N) is 1. The summed E-state index contributed by atoms with van der Waals surface area (Å²) in [5, 5.41) is 7.44. The molecule has 4 heterocycles. The second kappa shape index (κ2) is 10.6. The molecule has 2 aromatic carbocycles. The van der Waals surface area contributed by atoms with Crippen LogP contribution < -0.4 is 5.32 Å². The van der Waals surface area contributed by atoms with Crippen molar-refractivity contribution in [3.63, 3.8) is 0 Å². The summed E-state index contributed by atoms with van der Waals surface area (Å²) >= 11 is 6.26. The lowest BCUT2D eigenvalue weighted by atomic mass is 10.1. The Morgan fingerprint density at radius 1 is 0.913 bits per heavy atom. The number of halogens is 1. The number of nitrogens with zero attached hydrogens (tertiary/aromatic N) is 5. The first-order valence-corrected chi connectivity index (χ1v) is 16.0. The van der Waals surface area contributed by atoms with Gasteiger partial charge in [0, 0.05) is 12.5 Å². The van der Waals surface area contributed by atoms with Crippen molar-refractivity contribution in [2.24, 2.45) is 5.10 Å². The Balaban J connectivity index is 1.40. The van der Waals surface area contributed by atoms with Crippen LogP contribution in [0, 0.1) is 0 Å². The number of sulfone groups is 1. The van der Waals surface area contributed by atoms with Gasteiger partial charge < -0.3 is 5.32 Å². The van der Waals surface area contributed by atoms with E-state index in [1.165, 1.54) is 61.7 Å². The second-order valence-electron chi connectivity index (χ2n) is 10.8. The van der Waals surface area contributed by atoms with Crippen molar-refractivity contribution in [1.82, 2.24) is 25.0 Å². The highest BCUT2D eigenvalue weighted by molar-refractivity contribution is 7.90. The van der Waals surface area contributed by atoms with Gasteiger partial charge in [-0.05, 0) is 43.3 Å². The van der Waals surface area contributed by atoms with Crippen LogP contribution in [-0.4, -0.2) is 93.2 Å². The van der Waals surface area contributed by atoms with Crippen LogP contribution in [0.5, 0.6) is 0 Å². The number of hydrogen-bond donors (Lipinski definition) is 1. The van der Waals surface area contributed by atoms with Crippen LogP contribution in [0.15, 0.2) is 89.3 Å². The van der Waals surface area contributed by atoms with Gasteiger partial charge in [-0.25, -0.2) is 13.3 Å². The minimum Gasteiger partial charge on any atom is -0.308 e. The molecule has 46 heavy (non-hydrogen) atoms. The standard InChI is InChI=1S/C30H23ClN6O8S/c1-16(35-26(40)19-8-4-5-9-20(19)27(35)41)24(38)32-30(15-46(3,44)45)34-14-18(31)12-13-23(34)33-37(30)25(39)17(2)36-28(42)21-10-6-7-11-22(21)29(36)43/h4-14,17H,1,15H2,2-3H3,(H,32,38). The predicted molar refractivity (Wildman–Crippen MR) is 162 cm³/mol. The summed E-state index contributed by atoms with van der Waals surface area (Å²) in [5.74, 6) is -8.89. The molecule has 0 saturated carbocycles. The Morgan fingerprint density at radius 3 is 1.91 bits per heavy atom. The molecule has 6 amide bonds. The zero-order valence-corrected chi connectivity index (χ0v) is 25.7. The molecule has 14 nitrogen and oxygen atoms in total. The van der Waals surface area contributed by atoms with E-state index in [9.17, 15) is 37.2 Å². The summed E-state index contributed by atoms with van der Waals surface area (Å²) in [6.45, 7) is 4.89. The van der Waals surface area contributed by atoms with E-state index in [-0.39, 0.29) is 33.1 Å². The lowest BCUT2D eigenvalue weighted by Crippen LogP contribution is -2.71. The Morgan fingerprint density at radius 2 is 1.41 bits per heavy atom. The van der Waals surface area contributed by atoms with Gasteiger partial charge in [-0.1, -0.05) is 42.4 Å². The average molecular weight is 663 g/mol. The molecule has 0 radical (unpaired) electrons. The van der Waals surface area contributed by atoms with Crippen molar-refractivity contribution in [1.29, 1.82) is 0 Å². The third kappa shape index (κ3) is 4.62. The molecule has 0 aromatic heterocycles. The third-order valence-electron chi connectivity index (χ3n) is 7.72. The summed E-state index contributed by atoms with van der Waals surface area (Å²) in [5.41, 5.74) is -0.468. The van der Waals surface area contributed by atoms with Gasteiger partial charge in [-0.15, -0.1) is 5.10 Å². The SMILES string of the molecule is C=C(C(=O)NC1(CS(C)(=O)=O)N2C=C(Cl)C=CC2=NN1C(=O)C(C)N1C(=O)c2ccccc2C1=O)N1C(=O)c2ccccc2C1=O. The zero-order chi connectivity index (χ0) is 33.3. The zero-order valence-electron chi connectivity index (χ0n) is 24.1. The first-order valence-electron chi connectivity index (χ1n) is 13.6. The number of hydrazone groups is 1. The first kappa shape index (κ1) is 30.6. The molecule has 0 bridgehead atoms. The molecular weight excluding hydrogens is 640 g/mol. The minimum atomic E-state index is -4.11. The van der Waals surface area contributed by atoms with Crippen molar-refractivity contribution in [2.75, 3.05) is 12.0 Å². The summed E-state index contributed by atoms with van der Waals surface area (Å²) in [6, 6.07) is 10.3. The molecule has 4 aliphatic rings. The summed E-state index contributed by atoms with van der Waals surface area (Å²) in [7, 11) is -4.11. The number of carbonyl (C=O) groups is 6. The highest BCUT2D eigenvalue weighted by Gasteiger charge is 2.57. The fourth-order valence-corrected chi connectivity index (χ4v) is 6.87. The molecule has 2 atom stereocenters. The maximum Gasteiger partial charge on any atom is 0.271 e. The van der Waals surface area contributed by atoms with Gasteiger partial charge in [0.05, 0.1) is 27.3 Å². The van der Waals surface area contributed by atoms with E-state index in [4.69, 9.17) is 11.6 Å². The highest BCUT2D eigenvalue weighted by Crippen LogP contribution is 2.35. The van der Waals surface area contributed by atoms with E-state index in [1.54, 1.807) is 12.1 Å². The smallest absolute Gasteiger partial charge is 0.271 e. The molecule has 1 N–H and O–H groups in total. The Labute approximate surface area is 266 Å². The number of hydrogen-bond acceptors (Lipinski definition) is 10. The number of benzene rings is 2. The van der Waals surface area contributed by atoms with Gasteiger partial charge in [0.25, 0.3) is 35.4 Å². The Bertz CT molecular complexity index is 1970. The van der Waals surface area contributed by atoms with Crippen molar-refractivity contribution in [3.05, 3.63) is 106 Å². The number of allylic oxidation sites excluding steroid dienone is 2. The molecule has 0 saturated heterocycles. The number of amidine groups is 1. The van der Waals surface area contributed by atoms with Crippen molar-refractivity contribution in [3.8, 4) is 0 Å². The maximum atomic E-state index is 14.2. The number of amides is 6. The normalized spacial score (nSPS) is 20.8. The van der Waals surface area contributed by atoms with Gasteiger partial charge >= 0.3 is 0 Å². The van der Waals surface area contributed by atoms with Gasteiger partial charge in [0.2, 0.25) is 5.79 Å². The van der Waals surface area contributed by atoms with Crippen LogP contribution in [0.25, 0.3) is 0 Å². The topological polar surface area (TPSA) is 174 Å². The van der Waals surface area contributed by atoms with Crippen LogP contribution in [-0.2, 0) is 19.4 Å². The Hall–Kier alpha value is -5.41. The predicted octanol–water partition coefficient (Wildman–Crippen LogP) is 1.40. The van der Waals surface area contributed by atoms with E-state index in [0.29, 0.717) is 14.8 Å². The van der Waals surface area contributed by atoms with Crippen LogP contribution in [0.1, 0.15) is 48.4 Å². The van der Waals surface area contributed by atoms with Gasteiger partial charge in [-0.2, -0.15) is 5.01 Å². The van der Waals surface area contributed by atoms with E-state index < -0.39 is 68.6 Å². The van der Waals surface area contributed by atoms with Gasteiger partial charge in [0.15, 0.2) is 15.7 Å². The second-order valence-corrected chi connectivity index (χ2v) is 13.4. The van der Waals surface area contributed by atoms with Gasteiger partial charge in [0.1, 0.15) is 17.5 Å². The first-order chi connectivity index (χ1) is 21.7. The molecule has 4 aliphatic heterocycles. The maximum absolute atomic E-state index is 14.2. The summed E-state index contributed by atoms with van der Waals surface area (Å²) in [6.07, 6.45) is 4.82. The summed E-state index contributed by atoms with van der Waals surface area (Å²) in [4.78, 5) is 83.1. The van der Waals surface area contributed by atoms with Crippen LogP contribution in [0.2, 0.25) is 0 Å². The molecule has 2 aromatic rings.